The Kier molecular flexibility index (Phi) is 8.30. The number of carboxylic acid groups (broad SMARTS) is 1. The Bertz CT molecular complexity index is 1230. The number of nitrogens with zero attached hydrogens (tertiary/aromatic N) is 3. The topological polar surface area (TPSA) is 145 Å². The number of methoxy groups -OCH3 is 2. The summed E-state index contributed by atoms with van der Waals surface area (Å²) in [4.78, 5) is 36.3. The smallest absolute Gasteiger partial charge is 0.305 e. The van der Waals surface area contributed by atoms with E-state index < -0.39 is 11.9 Å². The van der Waals surface area contributed by atoms with E-state index in [-0.39, 0.29) is 47.5 Å². The second-order valence-corrected chi connectivity index (χ2v) is 9.62. The van der Waals surface area contributed by atoms with Gasteiger partial charge >= 0.3 is 5.97 Å². The molecule has 1 amide bonds. The number of aliphatic carboxylic acids is 1. The molecule has 0 saturated carbocycles. The lowest BCUT2D eigenvalue weighted by atomic mass is 9.86. The van der Waals surface area contributed by atoms with Gasteiger partial charge in [-0.1, -0.05) is 44.2 Å². The number of hydrogen-bond acceptors (Lipinski definition) is 10. The molecule has 0 spiro atoms. The molecule has 0 bridgehead atoms. The van der Waals surface area contributed by atoms with Crippen molar-refractivity contribution in [2.24, 2.45) is 0 Å². The molecule has 3 rings (SSSR count). The van der Waals surface area contributed by atoms with Crippen molar-refractivity contribution in [2.45, 2.75) is 39.5 Å². The molecule has 0 aliphatic carbocycles. The number of carbonyl (C=O) groups is 2. The summed E-state index contributed by atoms with van der Waals surface area (Å²) in [5.41, 5.74) is 2.28. The van der Waals surface area contributed by atoms with E-state index in [1.54, 1.807) is 5.38 Å². The van der Waals surface area contributed by atoms with Crippen molar-refractivity contribution in [3.05, 3.63) is 40.4 Å². The molecule has 0 aliphatic rings. The van der Waals surface area contributed by atoms with Gasteiger partial charge in [-0.25, -0.2) is 0 Å². The maximum absolute atomic E-state index is 12.9. The van der Waals surface area contributed by atoms with E-state index in [1.165, 1.54) is 25.6 Å². The standard InChI is InChI=1S/C24H29N5O6S/c1-13-7-8-14(24(2,3)4)11-16(13)35-23-26-15(12-36-23)19(32)27-18-20(33-5)28-22(29-21(18)34-6)25-10-9-17(30)31/h7-8,11-12H,9-10H2,1-6H3,(H,27,32)(H,30,31)(H,25,28,29). The van der Waals surface area contributed by atoms with Gasteiger partial charge in [-0.2, -0.15) is 15.0 Å². The normalized spacial score (nSPS) is 11.1. The van der Waals surface area contributed by atoms with Crippen molar-refractivity contribution in [3.8, 4) is 22.7 Å². The quantitative estimate of drug-likeness (QED) is 0.353. The molecule has 36 heavy (non-hydrogen) atoms. The second kappa shape index (κ2) is 11.2. The van der Waals surface area contributed by atoms with Gasteiger partial charge in [-0.05, 0) is 29.5 Å². The van der Waals surface area contributed by atoms with E-state index >= 15 is 0 Å². The van der Waals surface area contributed by atoms with Crippen molar-refractivity contribution in [1.82, 2.24) is 15.0 Å². The monoisotopic (exact) mass is 515 g/mol. The number of carboxylic acids is 1. The summed E-state index contributed by atoms with van der Waals surface area (Å²) >= 11 is 1.19. The average Bonchev–Trinajstić information content (AvgIpc) is 3.28. The fourth-order valence-corrected chi connectivity index (χ4v) is 3.70. The van der Waals surface area contributed by atoms with Gasteiger partial charge in [0.25, 0.3) is 11.1 Å². The lowest BCUT2D eigenvalue weighted by Gasteiger charge is -2.20. The van der Waals surface area contributed by atoms with Crippen LogP contribution in [-0.2, 0) is 10.2 Å². The third-order valence-corrected chi connectivity index (χ3v) is 5.77. The highest BCUT2D eigenvalue weighted by atomic mass is 32.1. The number of nitrogens with one attached hydrogen (secondary N) is 2. The predicted molar refractivity (Wildman–Crippen MR) is 136 cm³/mol. The first-order chi connectivity index (χ1) is 17.0. The van der Waals surface area contributed by atoms with Gasteiger partial charge in [-0.15, -0.1) is 0 Å². The summed E-state index contributed by atoms with van der Waals surface area (Å²) < 4.78 is 16.6. The molecule has 12 heteroatoms. The highest BCUT2D eigenvalue weighted by Gasteiger charge is 2.22. The van der Waals surface area contributed by atoms with Crippen LogP contribution >= 0.6 is 11.3 Å². The fraction of sp³-hybridized carbons (Fsp3) is 0.375. The van der Waals surface area contributed by atoms with Gasteiger partial charge in [0.05, 0.1) is 20.6 Å². The van der Waals surface area contributed by atoms with E-state index in [9.17, 15) is 9.59 Å². The first-order valence-corrected chi connectivity index (χ1v) is 11.9. The van der Waals surface area contributed by atoms with E-state index in [2.05, 4.69) is 52.4 Å². The molecule has 192 valence electrons. The third-order valence-electron chi connectivity index (χ3n) is 5.06. The molecule has 0 fully saturated rings. The molecule has 0 aliphatic heterocycles. The van der Waals surface area contributed by atoms with Crippen molar-refractivity contribution < 1.29 is 28.9 Å². The van der Waals surface area contributed by atoms with Crippen molar-refractivity contribution in [1.29, 1.82) is 0 Å². The average molecular weight is 516 g/mol. The second-order valence-electron chi connectivity index (χ2n) is 8.80. The Labute approximate surface area is 212 Å². The maximum atomic E-state index is 12.9. The Morgan fingerprint density at radius 3 is 2.33 bits per heavy atom. The first-order valence-electron chi connectivity index (χ1n) is 11.0. The Morgan fingerprint density at radius 1 is 1.08 bits per heavy atom. The molecule has 1 aromatic carbocycles. The number of carbonyl (C=O) groups excluding carboxylic acids is 1. The minimum absolute atomic E-state index is 0.0364. The van der Waals surface area contributed by atoms with Crippen molar-refractivity contribution >= 4 is 34.8 Å². The predicted octanol–water partition coefficient (Wildman–Crippen LogP) is 4.49. The van der Waals surface area contributed by atoms with Crippen LogP contribution in [-0.4, -0.2) is 52.7 Å². The lowest BCUT2D eigenvalue weighted by Crippen LogP contribution is -2.16. The van der Waals surface area contributed by atoms with Crippen LogP contribution in [0.3, 0.4) is 0 Å². The summed E-state index contributed by atoms with van der Waals surface area (Å²) in [5.74, 6) is -0.655. The number of anilines is 2. The molecule has 2 heterocycles. The molecular formula is C24H29N5O6S. The number of aromatic nitrogens is 3. The van der Waals surface area contributed by atoms with Crippen LogP contribution in [0.5, 0.6) is 22.7 Å². The van der Waals surface area contributed by atoms with E-state index in [0.29, 0.717) is 10.9 Å². The molecule has 11 nitrogen and oxygen atoms in total. The number of amides is 1. The summed E-state index contributed by atoms with van der Waals surface area (Å²) in [6.07, 6.45) is -0.124. The van der Waals surface area contributed by atoms with Gasteiger partial charge < -0.3 is 30.0 Å². The van der Waals surface area contributed by atoms with E-state index in [4.69, 9.17) is 19.3 Å². The minimum Gasteiger partial charge on any atom is -0.481 e. The zero-order valence-electron chi connectivity index (χ0n) is 21.0. The zero-order valence-corrected chi connectivity index (χ0v) is 21.8. The van der Waals surface area contributed by atoms with E-state index in [0.717, 1.165) is 11.1 Å². The van der Waals surface area contributed by atoms with E-state index in [1.807, 2.05) is 19.1 Å². The molecule has 3 aromatic rings. The molecule has 0 atom stereocenters. The molecular weight excluding hydrogens is 486 g/mol. The molecule has 3 N–H and O–H groups in total. The maximum Gasteiger partial charge on any atom is 0.305 e. The zero-order chi connectivity index (χ0) is 26.5. The number of rotatable bonds is 10. The molecule has 0 unspecified atom stereocenters. The number of aryl methyl sites for hydroxylation is 1. The van der Waals surface area contributed by atoms with Crippen LogP contribution in [0.15, 0.2) is 23.6 Å². The fourth-order valence-electron chi connectivity index (χ4n) is 3.04. The van der Waals surface area contributed by atoms with Crippen molar-refractivity contribution in [3.63, 3.8) is 0 Å². The summed E-state index contributed by atoms with van der Waals surface area (Å²) in [6, 6.07) is 6.05. The number of thiazole rings is 1. The summed E-state index contributed by atoms with van der Waals surface area (Å²) in [5, 5.41) is 16.1. The van der Waals surface area contributed by atoms with Crippen LogP contribution < -0.4 is 24.8 Å². The largest absolute Gasteiger partial charge is 0.481 e. The van der Waals surface area contributed by atoms with Crippen LogP contribution in [0.25, 0.3) is 0 Å². The Hall–Kier alpha value is -3.93. The number of benzene rings is 1. The van der Waals surface area contributed by atoms with Gasteiger partial charge in [0.15, 0.2) is 5.69 Å². The van der Waals surface area contributed by atoms with Crippen LogP contribution in [0.1, 0.15) is 48.8 Å². The summed E-state index contributed by atoms with van der Waals surface area (Å²) in [7, 11) is 2.75. The van der Waals surface area contributed by atoms with Crippen LogP contribution in [0.2, 0.25) is 0 Å². The molecule has 2 aromatic heterocycles. The van der Waals surface area contributed by atoms with Crippen LogP contribution in [0.4, 0.5) is 11.6 Å². The number of hydrogen-bond donors (Lipinski definition) is 3. The lowest BCUT2D eigenvalue weighted by molar-refractivity contribution is -0.136. The highest BCUT2D eigenvalue weighted by Crippen LogP contribution is 2.35. The van der Waals surface area contributed by atoms with Gasteiger partial charge in [0.2, 0.25) is 17.7 Å². The summed E-state index contributed by atoms with van der Waals surface area (Å²) in [6.45, 7) is 8.42. The van der Waals surface area contributed by atoms with Gasteiger partial charge in [0.1, 0.15) is 11.4 Å². The van der Waals surface area contributed by atoms with Crippen molar-refractivity contribution in [2.75, 3.05) is 31.4 Å². The highest BCUT2D eigenvalue weighted by molar-refractivity contribution is 7.11. The Morgan fingerprint density at radius 2 is 1.75 bits per heavy atom. The molecule has 0 radical (unpaired) electrons. The third kappa shape index (κ3) is 6.60. The van der Waals surface area contributed by atoms with Crippen LogP contribution in [0, 0.1) is 6.92 Å². The van der Waals surface area contributed by atoms with Gasteiger partial charge in [0, 0.05) is 11.9 Å². The Balaban J connectivity index is 1.78. The van der Waals surface area contributed by atoms with Gasteiger partial charge in [-0.3, -0.25) is 9.59 Å². The SMILES string of the molecule is COc1nc(NCCC(=O)O)nc(OC)c1NC(=O)c1csc(Oc2cc(C(C)(C)C)ccc2C)n1. The first kappa shape index (κ1) is 26.7. The molecule has 0 saturated heterocycles. The number of ether oxygens (including phenoxy) is 3. The minimum atomic E-state index is -0.964.